The number of thiophene rings is 2. The number of hydrogen-bond donors (Lipinski definition) is 1. The Morgan fingerprint density at radius 1 is 1.36 bits per heavy atom. The van der Waals surface area contributed by atoms with E-state index in [4.69, 9.17) is 11.6 Å². The fraction of sp³-hybridized carbons (Fsp3) is 0.308. The molecule has 0 aromatic carbocycles. The lowest BCUT2D eigenvalue weighted by atomic mass is 10.2. The fourth-order valence-electron chi connectivity index (χ4n) is 1.71. The first-order valence-electron chi connectivity index (χ1n) is 6.39. The molecule has 0 aliphatic rings. The van der Waals surface area contributed by atoms with Crippen LogP contribution in [0.25, 0.3) is 0 Å². The summed E-state index contributed by atoms with van der Waals surface area (Å²) < 4.78 is 26.0. The van der Waals surface area contributed by atoms with Crippen LogP contribution in [-0.2, 0) is 21.2 Å². The Hall–Kier alpha value is -0.930. The van der Waals surface area contributed by atoms with E-state index in [-0.39, 0.29) is 16.7 Å². The van der Waals surface area contributed by atoms with Crippen LogP contribution in [0, 0.1) is 0 Å². The van der Waals surface area contributed by atoms with Crippen LogP contribution in [0.3, 0.4) is 0 Å². The summed E-state index contributed by atoms with van der Waals surface area (Å²) in [4.78, 5) is 11.8. The van der Waals surface area contributed by atoms with Crippen molar-refractivity contribution in [1.82, 2.24) is 9.62 Å². The average Bonchev–Trinajstić information content (AvgIpc) is 3.10. The number of nitrogens with one attached hydrogen (secondary N) is 1. The zero-order valence-electron chi connectivity index (χ0n) is 11.8. The zero-order chi connectivity index (χ0) is 16.2. The van der Waals surface area contributed by atoms with Crippen LogP contribution in [0.4, 0.5) is 0 Å². The van der Waals surface area contributed by atoms with Gasteiger partial charge >= 0.3 is 0 Å². The minimum atomic E-state index is -3.67. The smallest absolute Gasteiger partial charge is 0.252 e. The van der Waals surface area contributed by atoms with Crippen molar-refractivity contribution >= 4 is 50.2 Å². The third-order valence-corrected chi connectivity index (χ3v) is 7.13. The molecule has 2 aromatic heterocycles. The molecule has 0 fully saturated rings. The molecule has 0 saturated carbocycles. The van der Waals surface area contributed by atoms with Gasteiger partial charge in [-0.2, -0.15) is 15.6 Å². The molecule has 1 amide bonds. The molecule has 2 aromatic rings. The molecule has 2 rings (SSSR count). The minimum absolute atomic E-state index is 0.131. The van der Waals surface area contributed by atoms with Gasteiger partial charge in [0.2, 0.25) is 5.91 Å². The van der Waals surface area contributed by atoms with Crippen LogP contribution in [0.2, 0.25) is 4.34 Å². The average molecular weight is 379 g/mol. The topological polar surface area (TPSA) is 66.5 Å². The van der Waals surface area contributed by atoms with Crippen LogP contribution in [0.1, 0.15) is 5.56 Å². The molecular formula is C13H15ClN2O3S3. The predicted molar refractivity (Wildman–Crippen MR) is 90.2 cm³/mol. The number of amides is 1. The summed E-state index contributed by atoms with van der Waals surface area (Å²) in [6.07, 6.45) is 0.728. The molecule has 9 heteroatoms. The Morgan fingerprint density at radius 3 is 2.73 bits per heavy atom. The van der Waals surface area contributed by atoms with Crippen LogP contribution in [0.5, 0.6) is 0 Å². The van der Waals surface area contributed by atoms with Gasteiger partial charge in [0, 0.05) is 13.6 Å². The van der Waals surface area contributed by atoms with E-state index in [2.05, 4.69) is 5.32 Å². The second-order valence-electron chi connectivity index (χ2n) is 4.55. The summed E-state index contributed by atoms with van der Waals surface area (Å²) in [7, 11) is -2.30. The highest BCUT2D eigenvalue weighted by molar-refractivity contribution is 7.91. The van der Waals surface area contributed by atoms with E-state index in [1.54, 1.807) is 11.3 Å². The molecule has 120 valence electrons. The fourth-order valence-corrected chi connectivity index (χ4v) is 5.24. The summed E-state index contributed by atoms with van der Waals surface area (Å²) >= 11 is 8.32. The predicted octanol–water partition coefficient (Wildman–Crippen LogP) is 2.44. The van der Waals surface area contributed by atoms with E-state index in [1.807, 2.05) is 16.8 Å². The Labute approximate surface area is 142 Å². The highest BCUT2D eigenvalue weighted by atomic mass is 35.5. The number of rotatable bonds is 7. The number of likely N-dealkylation sites (N-methyl/N-ethyl adjacent to an activating group) is 1. The largest absolute Gasteiger partial charge is 0.355 e. The molecule has 0 atom stereocenters. The highest BCUT2D eigenvalue weighted by Crippen LogP contribution is 2.27. The third-order valence-electron chi connectivity index (χ3n) is 2.90. The summed E-state index contributed by atoms with van der Waals surface area (Å²) in [5.41, 5.74) is 1.15. The van der Waals surface area contributed by atoms with E-state index in [9.17, 15) is 13.2 Å². The maximum absolute atomic E-state index is 12.2. The second-order valence-corrected chi connectivity index (χ2v) is 9.32. The molecule has 1 N–H and O–H groups in total. The maximum atomic E-state index is 12.2. The molecule has 0 aliphatic carbocycles. The van der Waals surface area contributed by atoms with Crippen LogP contribution >= 0.6 is 34.3 Å². The van der Waals surface area contributed by atoms with E-state index in [0.717, 1.165) is 27.6 Å². The minimum Gasteiger partial charge on any atom is -0.355 e. The van der Waals surface area contributed by atoms with Crippen LogP contribution in [0.15, 0.2) is 33.2 Å². The standard InChI is InChI=1S/C13H15ClN2O3S3/c1-16(22(18,19)13-3-2-11(14)21-13)8-12(17)15-6-4-10-5-7-20-9-10/h2-3,5,7,9H,4,6,8H2,1H3,(H,15,17). The Morgan fingerprint density at radius 2 is 2.14 bits per heavy atom. The summed E-state index contributed by atoms with van der Waals surface area (Å²) in [6.45, 7) is 0.260. The lowest BCUT2D eigenvalue weighted by Crippen LogP contribution is -2.38. The summed E-state index contributed by atoms with van der Waals surface area (Å²) in [5.74, 6) is -0.330. The Bertz CT molecular complexity index is 726. The maximum Gasteiger partial charge on any atom is 0.252 e. The lowest BCUT2D eigenvalue weighted by Gasteiger charge is -2.15. The van der Waals surface area contributed by atoms with Crippen molar-refractivity contribution in [3.05, 3.63) is 38.9 Å². The highest BCUT2D eigenvalue weighted by Gasteiger charge is 2.24. The van der Waals surface area contributed by atoms with E-state index in [1.165, 1.54) is 19.2 Å². The monoisotopic (exact) mass is 378 g/mol. The Kier molecular flexibility index (Phi) is 5.99. The molecule has 5 nitrogen and oxygen atoms in total. The summed E-state index contributed by atoms with van der Waals surface area (Å²) in [6, 6.07) is 4.95. The lowest BCUT2D eigenvalue weighted by molar-refractivity contribution is -0.121. The van der Waals surface area contributed by atoms with Crippen molar-refractivity contribution in [3.63, 3.8) is 0 Å². The molecule has 0 aliphatic heterocycles. The van der Waals surface area contributed by atoms with Gasteiger partial charge in [-0.05, 0) is 40.9 Å². The molecule has 0 saturated heterocycles. The molecule has 0 spiro atoms. The van der Waals surface area contributed by atoms with Crippen LogP contribution < -0.4 is 5.32 Å². The third kappa shape index (κ3) is 4.53. The molecule has 0 unspecified atom stereocenters. The first-order valence-corrected chi connectivity index (χ1v) is 9.97. The summed E-state index contributed by atoms with van der Waals surface area (Å²) in [5, 5.41) is 6.71. The van der Waals surface area contributed by atoms with Crippen molar-refractivity contribution in [2.24, 2.45) is 0 Å². The van der Waals surface area contributed by atoms with E-state index >= 15 is 0 Å². The zero-order valence-corrected chi connectivity index (χ0v) is 15.0. The van der Waals surface area contributed by atoms with Crippen molar-refractivity contribution in [1.29, 1.82) is 0 Å². The van der Waals surface area contributed by atoms with Gasteiger partial charge in [0.25, 0.3) is 10.0 Å². The number of sulfonamides is 1. The molecule has 2 heterocycles. The SMILES string of the molecule is CN(CC(=O)NCCc1ccsc1)S(=O)(=O)c1ccc(Cl)s1. The first-order chi connectivity index (χ1) is 10.4. The molecule has 22 heavy (non-hydrogen) atoms. The van der Waals surface area contributed by atoms with Gasteiger partial charge in [-0.3, -0.25) is 4.79 Å². The van der Waals surface area contributed by atoms with E-state index < -0.39 is 10.0 Å². The van der Waals surface area contributed by atoms with Crippen molar-refractivity contribution in [2.45, 2.75) is 10.6 Å². The number of nitrogens with zero attached hydrogens (tertiary/aromatic N) is 1. The quantitative estimate of drug-likeness (QED) is 0.804. The van der Waals surface area contributed by atoms with Crippen molar-refractivity contribution < 1.29 is 13.2 Å². The van der Waals surface area contributed by atoms with Gasteiger partial charge in [0.1, 0.15) is 4.21 Å². The van der Waals surface area contributed by atoms with Crippen LogP contribution in [-0.4, -0.2) is 38.8 Å². The van der Waals surface area contributed by atoms with Gasteiger partial charge in [0.05, 0.1) is 10.9 Å². The van der Waals surface area contributed by atoms with E-state index in [0.29, 0.717) is 10.9 Å². The molecule has 0 bridgehead atoms. The Balaban J connectivity index is 1.85. The molecular weight excluding hydrogens is 364 g/mol. The first kappa shape index (κ1) is 17.4. The van der Waals surface area contributed by atoms with Gasteiger partial charge < -0.3 is 5.32 Å². The van der Waals surface area contributed by atoms with Gasteiger partial charge in [-0.25, -0.2) is 8.42 Å². The molecule has 0 radical (unpaired) electrons. The number of hydrogen-bond acceptors (Lipinski definition) is 5. The number of carbonyl (C=O) groups is 1. The number of carbonyl (C=O) groups excluding carboxylic acids is 1. The van der Waals surface area contributed by atoms with Crippen molar-refractivity contribution in [2.75, 3.05) is 20.1 Å². The normalized spacial score (nSPS) is 11.8. The van der Waals surface area contributed by atoms with Gasteiger partial charge in [-0.15, -0.1) is 11.3 Å². The second kappa shape index (κ2) is 7.56. The van der Waals surface area contributed by atoms with Crippen molar-refractivity contribution in [3.8, 4) is 0 Å². The number of halogens is 1. The van der Waals surface area contributed by atoms with Gasteiger partial charge in [-0.1, -0.05) is 11.6 Å². The van der Waals surface area contributed by atoms with Gasteiger partial charge in [0.15, 0.2) is 0 Å².